The van der Waals surface area contributed by atoms with Gasteiger partial charge >= 0.3 is 0 Å². The molecule has 0 aliphatic rings. The number of furan rings is 1. The minimum atomic E-state index is -3.35. The molecule has 1 amide bonds. The van der Waals surface area contributed by atoms with Crippen molar-refractivity contribution in [2.45, 2.75) is 33.2 Å². The number of nitrogens with one attached hydrogen (secondary N) is 1. The first kappa shape index (κ1) is 17.7. The lowest BCUT2D eigenvalue weighted by atomic mass is 10.0. The zero-order valence-corrected chi connectivity index (χ0v) is 13.6. The van der Waals surface area contributed by atoms with E-state index in [0.717, 1.165) is 19.1 Å². The van der Waals surface area contributed by atoms with Gasteiger partial charge in [0.25, 0.3) is 0 Å². The molecule has 120 valence electrons. The Kier molecular flexibility index (Phi) is 6.91. The largest absolute Gasteiger partial charge is 0.468 e. The molecule has 1 N–H and O–H groups in total. The summed E-state index contributed by atoms with van der Waals surface area (Å²) in [5.74, 6) is 0.542. The minimum Gasteiger partial charge on any atom is -0.468 e. The lowest BCUT2D eigenvalue weighted by molar-refractivity contribution is -0.125. The predicted molar refractivity (Wildman–Crippen MR) is 81.0 cm³/mol. The molecule has 0 radical (unpaired) electrons. The molecule has 1 rings (SSSR count). The molecule has 0 aliphatic carbocycles. The summed E-state index contributed by atoms with van der Waals surface area (Å²) in [5, 5.41) is 2.79. The zero-order chi connectivity index (χ0) is 15.9. The molecule has 6 nitrogen and oxygen atoms in total. The van der Waals surface area contributed by atoms with Gasteiger partial charge in [0.05, 0.1) is 19.1 Å². The first-order valence-corrected chi connectivity index (χ1v) is 8.98. The summed E-state index contributed by atoms with van der Waals surface area (Å²) in [7, 11) is -3.35. The van der Waals surface area contributed by atoms with E-state index < -0.39 is 10.0 Å². The first-order valence-electron chi connectivity index (χ1n) is 7.13. The molecular weight excluding hydrogens is 292 g/mol. The van der Waals surface area contributed by atoms with Crippen LogP contribution in [0.3, 0.4) is 0 Å². The molecule has 0 aromatic carbocycles. The maximum atomic E-state index is 11.9. The smallest absolute Gasteiger partial charge is 0.223 e. The summed E-state index contributed by atoms with van der Waals surface area (Å²) in [6, 6.07) is 3.44. The van der Waals surface area contributed by atoms with Gasteiger partial charge in [-0.3, -0.25) is 4.79 Å². The Balaban J connectivity index is 2.53. The van der Waals surface area contributed by atoms with Gasteiger partial charge in [0.1, 0.15) is 5.76 Å². The number of rotatable bonds is 9. The molecule has 0 fully saturated rings. The standard InChI is InChI=1S/C14H24N2O4S/c1-4-12(5-2)14(17)15-8-9-16(21(3,18)19)11-13-7-6-10-20-13/h6-7,10,12H,4-5,8-9,11H2,1-3H3,(H,15,17). The average Bonchev–Trinajstić information content (AvgIpc) is 2.91. The molecular formula is C14H24N2O4S. The highest BCUT2D eigenvalue weighted by molar-refractivity contribution is 7.88. The van der Waals surface area contributed by atoms with Crippen molar-refractivity contribution in [2.24, 2.45) is 5.92 Å². The van der Waals surface area contributed by atoms with Crippen molar-refractivity contribution in [1.29, 1.82) is 0 Å². The van der Waals surface area contributed by atoms with Crippen LogP contribution in [-0.2, 0) is 21.4 Å². The first-order chi connectivity index (χ1) is 9.88. The van der Waals surface area contributed by atoms with E-state index in [1.165, 1.54) is 10.6 Å². The van der Waals surface area contributed by atoms with Gasteiger partial charge in [0, 0.05) is 19.0 Å². The Morgan fingerprint density at radius 1 is 1.38 bits per heavy atom. The Morgan fingerprint density at radius 3 is 2.52 bits per heavy atom. The van der Waals surface area contributed by atoms with E-state index in [9.17, 15) is 13.2 Å². The third-order valence-electron chi connectivity index (χ3n) is 3.40. The highest BCUT2D eigenvalue weighted by Gasteiger charge is 2.19. The Morgan fingerprint density at radius 2 is 2.05 bits per heavy atom. The lowest BCUT2D eigenvalue weighted by Gasteiger charge is -2.20. The van der Waals surface area contributed by atoms with Crippen LogP contribution in [0.4, 0.5) is 0 Å². The van der Waals surface area contributed by atoms with Crippen LogP contribution in [0.1, 0.15) is 32.4 Å². The van der Waals surface area contributed by atoms with Crippen LogP contribution in [0.25, 0.3) is 0 Å². The third kappa shape index (κ3) is 5.89. The summed E-state index contributed by atoms with van der Waals surface area (Å²) in [4.78, 5) is 11.9. The minimum absolute atomic E-state index is 0.0123. The highest BCUT2D eigenvalue weighted by Crippen LogP contribution is 2.09. The molecule has 0 atom stereocenters. The molecule has 0 spiro atoms. The van der Waals surface area contributed by atoms with Gasteiger partial charge < -0.3 is 9.73 Å². The van der Waals surface area contributed by atoms with E-state index in [1.54, 1.807) is 12.1 Å². The second-order valence-corrected chi connectivity index (χ2v) is 6.96. The number of carbonyl (C=O) groups is 1. The topological polar surface area (TPSA) is 79.6 Å². The van der Waals surface area contributed by atoms with Crippen molar-refractivity contribution in [3.63, 3.8) is 0 Å². The van der Waals surface area contributed by atoms with Crippen LogP contribution in [0.15, 0.2) is 22.8 Å². The number of hydrogen-bond donors (Lipinski definition) is 1. The molecule has 0 aliphatic heterocycles. The monoisotopic (exact) mass is 316 g/mol. The van der Waals surface area contributed by atoms with E-state index in [-0.39, 0.29) is 24.9 Å². The summed E-state index contributed by atoms with van der Waals surface area (Å²) < 4.78 is 30.0. The maximum absolute atomic E-state index is 11.9. The van der Waals surface area contributed by atoms with Crippen LogP contribution in [-0.4, -0.2) is 38.0 Å². The van der Waals surface area contributed by atoms with Crippen LogP contribution in [0, 0.1) is 5.92 Å². The summed E-state index contributed by atoms with van der Waals surface area (Å²) in [6.07, 6.45) is 4.22. The zero-order valence-electron chi connectivity index (χ0n) is 12.8. The quantitative estimate of drug-likeness (QED) is 0.750. The highest BCUT2D eigenvalue weighted by atomic mass is 32.2. The Labute approximate surface area is 126 Å². The molecule has 1 aromatic rings. The van der Waals surface area contributed by atoms with E-state index in [2.05, 4.69) is 5.32 Å². The number of hydrogen-bond acceptors (Lipinski definition) is 4. The fraction of sp³-hybridized carbons (Fsp3) is 0.643. The van der Waals surface area contributed by atoms with Gasteiger partial charge in [-0.05, 0) is 25.0 Å². The maximum Gasteiger partial charge on any atom is 0.223 e. The average molecular weight is 316 g/mol. The summed E-state index contributed by atoms with van der Waals surface area (Å²) in [5.41, 5.74) is 0. The van der Waals surface area contributed by atoms with Gasteiger partial charge in [-0.25, -0.2) is 8.42 Å². The van der Waals surface area contributed by atoms with Crippen LogP contribution in [0.2, 0.25) is 0 Å². The molecule has 0 saturated heterocycles. The van der Waals surface area contributed by atoms with Crippen LogP contribution >= 0.6 is 0 Å². The second kappa shape index (κ2) is 8.19. The van der Waals surface area contributed by atoms with Crippen molar-refractivity contribution >= 4 is 15.9 Å². The van der Waals surface area contributed by atoms with Crippen molar-refractivity contribution in [1.82, 2.24) is 9.62 Å². The number of sulfonamides is 1. The van der Waals surface area contributed by atoms with Crippen molar-refractivity contribution in [3.05, 3.63) is 24.2 Å². The summed E-state index contributed by atoms with van der Waals surface area (Å²) in [6.45, 7) is 4.63. The van der Waals surface area contributed by atoms with Gasteiger partial charge in [0.15, 0.2) is 0 Å². The van der Waals surface area contributed by atoms with E-state index in [1.807, 2.05) is 13.8 Å². The van der Waals surface area contributed by atoms with Crippen molar-refractivity contribution in [2.75, 3.05) is 19.3 Å². The van der Waals surface area contributed by atoms with Crippen LogP contribution < -0.4 is 5.32 Å². The van der Waals surface area contributed by atoms with E-state index in [4.69, 9.17) is 4.42 Å². The van der Waals surface area contributed by atoms with Gasteiger partial charge in [-0.1, -0.05) is 13.8 Å². The molecule has 1 heterocycles. The Bertz CT molecular complexity index is 521. The Hall–Kier alpha value is -1.34. The predicted octanol–water partition coefficient (Wildman–Crippen LogP) is 1.59. The molecule has 0 unspecified atom stereocenters. The van der Waals surface area contributed by atoms with Crippen molar-refractivity contribution in [3.8, 4) is 0 Å². The fourth-order valence-corrected chi connectivity index (χ4v) is 2.83. The normalized spacial score (nSPS) is 12.0. The number of amides is 1. The SMILES string of the molecule is CCC(CC)C(=O)NCCN(Cc1ccco1)S(C)(=O)=O. The second-order valence-electron chi connectivity index (χ2n) is 4.98. The van der Waals surface area contributed by atoms with Gasteiger partial charge in [-0.2, -0.15) is 4.31 Å². The number of carbonyl (C=O) groups excluding carboxylic acids is 1. The van der Waals surface area contributed by atoms with E-state index in [0.29, 0.717) is 12.3 Å². The number of nitrogens with zero attached hydrogens (tertiary/aromatic N) is 1. The van der Waals surface area contributed by atoms with Crippen molar-refractivity contribution < 1.29 is 17.6 Å². The lowest BCUT2D eigenvalue weighted by Crippen LogP contribution is -2.39. The molecule has 0 saturated carbocycles. The van der Waals surface area contributed by atoms with Gasteiger partial charge in [0.2, 0.25) is 15.9 Å². The third-order valence-corrected chi connectivity index (χ3v) is 4.65. The molecule has 7 heteroatoms. The molecule has 21 heavy (non-hydrogen) atoms. The summed E-state index contributed by atoms with van der Waals surface area (Å²) >= 11 is 0. The van der Waals surface area contributed by atoms with Crippen LogP contribution in [0.5, 0.6) is 0 Å². The molecule has 1 aromatic heterocycles. The fourth-order valence-electron chi connectivity index (χ4n) is 2.05. The molecule has 0 bridgehead atoms. The van der Waals surface area contributed by atoms with E-state index >= 15 is 0 Å². The van der Waals surface area contributed by atoms with Gasteiger partial charge in [-0.15, -0.1) is 0 Å².